The molecule has 0 saturated carbocycles. The van der Waals surface area contributed by atoms with Gasteiger partial charge in [0.15, 0.2) is 5.76 Å². The molecule has 0 atom stereocenters. The highest BCUT2D eigenvalue weighted by atomic mass is 32.1. The van der Waals surface area contributed by atoms with Crippen molar-refractivity contribution in [3.8, 4) is 11.5 Å². The second kappa shape index (κ2) is 9.05. The summed E-state index contributed by atoms with van der Waals surface area (Å²) in [7, 11) is 0. The molecule has 0 unspecified atom stereocenters. The van der Waals surface area contributed by atoms with Gasteiger partial charge in [-0.15, -0.1) is 11.3 Å². The van der Waals surface area contributed by atoms with Crippen LogP contribution in [0.4, 0.5) is 5.69 Å². The summed E-state index contributed by atoms with van der Waals surface area (Å²) in [6, 6.07) is 26.1. The van der Waals surface area contributed by atoms with Crippen molar-refractivity contribution in [1.82, 2.24) is 4.68 Å². The Morgan fingerprint density at radius 1 is 1.00 bits per heavy atom. The van der Waals surface area contributed by atoms with Gasteiger partial charge in [0.1, 0.15) is 11.3 Å². The van der Waals surface area contributed by atoms with Crippen LogP contribution in [0, 0.1) is 10.1 Å². The maximum absolute atomic E-state index is 10.9. The third-order valence-corrected chi connectivity index (χ3v) is 5.88. The monoisotopic (exact) mass is 454 g/mol. The van der Waals surface area contributed by atoms with Crippen LogP contribution in [0.15, 0.2) is 105 Å². The van der Waals surface area contributed by atoms with E-state index in [0.717, 1.165) is 27.8 Å². The zero-order chi connectivity index (χ0) is 22.6. The van der Waals surface area contributed by atoms with Crippen molar-refractivity contribution >= 4 is 34.2 Å². The first-order valence-electron chi connectivity index (χ1n) is 10.2. The van der Waals surface area contributed by atoms with Crippen LogP contribution in [-0.2, 0) is 6.54 Å². The fraction of sp³-hybridized carbons (Fsp3) is 0.0400. The van der Waals surface area contributed by atoms with E-state index in [9.17, 15) is 10.1 Å². The molecule has 2 aromatic heterocycles. The van der Waals surface area contributed by atoms with Crippen LogP contribution in [0.5, 0.6) is 0 Å². The Morgan fingerprint density at radius 3 is 2.52 bits per heavy atom. The lowest BCUT2D eigenvalue weighted by Gasteiger charge is -2.01. The molecule has 0 radical (unpaired) electrons. The summed E-state index contributed by atoms with van der Waals surface area (Å²) in [6.45, 7) is 0.522. The number of non-ortho nitro benzene ring substituents is 1. The number of fused-ring (bicyclic) bond motifs is 1. The Bertz CT molecular complexity index is 1480. The number of hydrogen-bond donors (Lipinski definition) is 0. The average Bonchev–Trinajstić information content (AvgIpc) is 3.46. The molecule has 0 N–H and O–H groups in total. The summed E-state index contributed by atoms with van der Waals surface area (Å²) in [4.78, 5) is 16.0. The van der Waals surface area contributed by atoms with Crippen LogP contribution in [0.1, 0.15) is 11.1 Å². The van der Waals surface area contributed by atoms with E-state index >= 15 is 0 Å². The van der Waals surface area contributed by atoms with E-state index < -0.39 is 4.92 Å². The number of aromatic nitrogens is 1. The molecule has 0 aliphatic heterocycles. The summed E-state index contributed by atoms with van der Waals surface area (Å²) in [5.74, 6) is 0.689. The number of para-hydroxylation sites is 1. The van der Waals surface area contributed by atoms with Gasteiger partial charge < -0.3 is 4.42 Å². The molecule has 2 heterocycles. The van der Waals surface area contributed by atoms with Crippen molar-refractivity contribution in [2.45, 2.75) is 6.54 Å². The first-order chi connectivity index (χ1) is 16.2. The minimum absolute atomic E-state index is 0.0388. The lowest BCUT2D eigenvalue weighted by Crippen LogP contribution is -2.12. The van der Waals surface area contributed by atoms with E-state index in [1.807, 2.05) is 66.0 Å². The van der Waals surface area contributed by atoms with E-state index in [1.165, 1.54) is 23.5 Å². The minimum atomic E-state index is -0.422. The molecule has 7 nitrogen and oxygen atoms in total. The van der Waals surface area contributed by atoms with Gasteiger partial charge in [-0.3, -0.25) is 15.1 Å². The molecule has 162 valence electrons. The van der Waals surface area contributed by atoms with E-state index in [4.69, 9.17) is 9.41 Å². The summed E-state index contributed by atoms with van der Waals surface area (Å²) in [6.07, 6.45) is 1.66. The molecule has 0 aliphatic rings. The zero-order valence-electron chi connectivity index (χ0n) is 17.4. The van der Waals surface area contributed by atoms with Crippen molar-refractivity contribution < 1.29 is 9.34 Å². The molecule has 0 bridgehead atoms. The van der Waals surface area contributed by atoms with Gasteiger partial charge in [0, 0.05) is 22.9 Å². The third kappa shape index (κ3) is 4.51. The van der Waals surface area contributed by atoms with Crippen LogP contribution in [-0.4, -0.2) is 15.8 Å². The van der Waals surface area contributed by atoms with E-state index in [2.05, 4.69) is 5.10 Å². The molecule has 0 spiro atoms. The van der Waals surface area contributed by atoms with Crippen molar-refractivity contribution in [2.75, 3.05) is 0 Å². The predicted molar refractivity (Wildman–Crippen MR) is 129 cm³/mol. The van der Waals surface area contributed by atoms with Crippen LogP contribution in [0.25, 0.3) is 22.4 Å². The maximum atomic E-state index is 10.9. The number of thiazole rings is 1. The Balaban J connectivity index is 1.56. The smallest absolute Gasteiger partial charge is 0.269 e. The molecule has 5 rings (SSSR count). The normalized spacial score (nSPS) is 12.1. The van der Waals surface area contributed by atoms with Crippen molar-refractivity contribution in [3.63, 3.8) is 0 Å². The molecular weight excluding hydrogens is 436 g/mol. The van der Waals surface area contributed by atoms with Crippen LogP contribution >= 0.6 is 11.3 Å². The van der Waals surface area contributed by atoms with Crippen molar-refractivity contribution in [2.24, 2.45) is 10.1 Å². The molecule has 8 heteroatoms. The molecule has 5 aromatic rings. The zero-order valence-corrected chi connectivity index (χ0v) is 18.2. The fourth-order valence-electron chi connectivity index (χ4n) is 3.35. The molecular formula is C25H18N4O3S. The molecule has 33 heavy (non-hydrogen) atoms. The van der Waals surface area contributed by atoms with Gasteiger partial charge in [-0.25, -0.2) is 4.68 Å². The largest absolute Gasteiger partial charge is 0.454 e. The third-order valence-electron chi connectivity index (χ3n) is 5.03. The topological polar surface area (TPSA) is 85.9 Å². The quantitative estimate of drug-likeness (QED) is 0.183. The van der Waals surface area contributed by atoms with Crippen LogP contribution in [0.2, 0.25) is 0 Å². The van der Waals surface area contributed by atoms with Gasteiger partial charge in [0.2, 0.25) is 4.80 Å². The lowest BCUT2D eigenvalue weighted by molar-refractivity contribution is -0.384. The number of benzene rings is 3. The Labute approximate surface area is 192 Å². The number of nitrogens with zero attached hydrogens (tertiary/aromatic N) is 4. The molecule has 3 aromatic carbocycles. The number of nitro benzene ring substituents is 1. The molecule has 0 saturated heterocycles. The number of nitro groups is 1. The van der Waals surface area contributed by atoms with Gasteiger partial charge >= 0.3 is 0 Å². The van der Waals surface area contributed by atoms with Gasteiger partial charge in [0.25, 0.3) is 5.69 Å². The summed E-state index contributed by atoms with van der Waals surface area (Å²) < 4.78 is 7.80. The standard InChI is InChI=1S/C25H18N4O3S/c30-29(31)21-12-10-19(11-13-21)16-27-28-22(24-14-20-8-4-5-9-23(20)32-24)17-33-25(28)26-15-18-6-2-1-3-7-18/h1-14,16-17H,15H2. The van der Waals surface area contributed by atoms with E-state index in [1.54, 1.807) is 23.0 Å². The van der Waals surface area contributed by atoms with Crippen LogP contribution in [0.3, 0.4) is 0 Å². The minimum Gasteiger partial charge on any atom is -0.454 e. The average molecular weight is 455 g/mol. The fourth-order valence-corrected chi connectivity index (χ4v) is 4.16. The van der Waals surface area contributed by atoms with Gasteiger partial charge in [-0.1, -0.05) is 48.5 Å². The Kier molecular flexibility index (Phi) is 5.65. The number of hydrogen-bond acceptors (Lipinski definition) is 6. The van der Waals surface area contributed by atoms with Crippen molar-refractivity contribution in [1.29, 1.82) is 0 Å². The maximum Gasteiger partial charge on any atom is 0.269 e. The Morgan fingerprint density at radius 2 is 1.76 bits per heavy atom. The summed E-state index contributed by atoms with van der Waals surface area (Å²) >= 11 is 1.47. The van der Waals surface area contributed by atoms with Gasteiger partial charge in [-0.2, -0.15) is 5.10 Å². The second-order valence-corrected chi connectivity index (χ2v) is 8.10. The highest BCUT2D eigenvalue weighted by Crippen LogP contribution is 2.28. The van der Waals surface area contributed by atoms with Gasteiger partial charge in [0.05, 0.1) is 17.7 Å². The van der Waals surface area contributed by atoms with Crippen LogP contribution < -0.4 is 4.80 Å². The summed E-state index contributed by atoms with van der Waals surface area (Å²) in [5, 5.41) is 18.5. The molecule has 0 fully saturated rings. The van der Waals surface area contributed by atoms with Crippen molar-refractivity contribution in [3.05, 3.63) is 116 Å². The number of furan rings is 1. The number of rotatable bonds is 6. The highest BCUT2D eigenvalue weighted by molar-refractivity contribution is 7.07. The summed E-state index contributed by atoms with van der Waals surface area (Å²) in [5.41, 5.74) is 3.45. The SMILES string of the molecule is O=[N+]([O-])c1ccc(C=Nn2c(-c3cc4ccccc4o3)csc2=NCc2ccccc2)cc1. The van der Waals surface area contributed by atoms with Gasteiger partial charge in [-0.05, 0) is 35.4 Å². The molecule has 0 aliphatic carbocycles. The Hall–Kier alpha value is -4.30. The van der Waals surface area contributed by atoms with E-state index in [0.29, 0.717) is 17.1 Å². The molecule has 0 amide bonds. The van der Waals surface area contributed by atoms with E-state index in [-0.39, 0.29) is 5.69 Å². The first kappa shape index (κ1) is 20.6. The second-order valence-electron chi connectivity index (χ2n) is 7.26. The predicted octanol–water partition coefficient (Wildman–Crippen LogP) is 5.85. The highest BCUT2D eigenvalue weighted by Gasteiger charge is 2.13. The first-order valence-corrected chi connectivity index (χ1v) is 11.1. The lowest BCUT2D eigenvalue weighted by atomic mass is 10.2.